The largest absolute Gasteiger partial charge is 0.350 e. The lowest BCUT2D eigenvalue weighted by atomic mass is 9.72. The predicted molar refractivity (Wildman–Crippen MR) is 57.0 cm³/mol. The zero-order chi connectivity index (χ0) is 10.0. The molecule has 1 heterocycles. The quantitative estimate of drug-likeness (QED) is 0.721. The van der Waals surface area contributed by atoms with Crippen molar-refractivity contribution in [3.05, 3.63) is 0 Å². The summed E-state index contributed by atoms with van der Waals surface area (Å²) in [7, 11) is 0. The first kappa shape index (κ1) is 10.0. The van der Waals surface area contributed by atoms with E-state index < -0.39 is 0 Å². The van der Waals surface area contributed by atoms with E-state index in [1.807, 2.05) is 0 Å². The van der Waals surface area contributed by atoms with Crippen LogP contribution in [-0.4, -0.2) is 11.4 Å². The van der Waals surface area contributed by atoms with Gasteiger partial charge in [0.25, 0.3) is 0 Å². The summed E-state index contributed by atoms with van der Waals surface area (Å²) in [6.45, 7) is 2.22. The molecule has 0 aromatic rings. The Bertz CT molecular complexity index is 220. The van der Waals surface area contributed by atoms with E-state index in [0.29, 0.717) is 0 Å². The average Bonchev–Trinajstić information content (AvgIpc) is 2.63. The summed E-state index contributed by atoms with van der Waals surface area (Å²) in [4.78, 5) is 11.3. The van der Waals surface area contributed by atoms with Crippen LogP contribution in [0.2, 0.25) is 0 Å². The number of nitrogens with one attached hydrogen (secondary N) is 1. The topological polar surface area (TPSA) is 29.1 Å². The van der Waals surface area contributed by atoms with Crippen molar-refractivity contribution < 1.29 is 4.79 Å². The van der Waals surface area contributed by atoms with Gasteiger partial charge in [0.15, 0.2) is 0 Å². The highest BCUT2D eigenvalue weighted by Gasteiger charge is 2.42. The number of rotatable bonds is 2. The fourth-order valence-electron chi connectivity index (χ4n) is 3.25. The zero-order valence-electron chi connectivity index (χ0n) is 9.14. The van der Waals surface area contributed by atoms with E-state index in [-0.39, 0.29) is 11.4 Å². The number of amides is 1. The van der Waals surface area contributed by atoms with Crippen LogP contribution in [0.25, 0.3) is 0 Å². The first-order valence-corrected chi connectivity index (χ1v) is 6.08. The van der Waals surface area contributed by atoms with Gasteiger partial charge in [0, 0.05) is 12.0 Å². The van der Waals surface area contributed by atoms with Crippen LogP contribution in [0.3, 0.4) is 0 Å². The van der Waals surface area contributed by atoms with Crippen LogP contribution < -0.4 is 5.32 Å². The van der Waals surface area contributed by atoms with Crippen molar-refractivity contribution in [1.82, 2.24) is 5.32 Å². The van der Waals surface area contributed by atoms with Gasteiger partial charge in [-0.05, 0) is 31.6 Å². The Morgan fingerprint density at radius 3 is 2.57 bits per heavy atom. The molecule has 0 bridgehead atoms. The molecule has 2 rings (SSSR count). The van der Waals surface area contributed by atoms with Gasteiger partial charge in [-0.3, -0.25) is 4.79 Å². The smallest absolute Gasteiger partial charge is 0.220 e. The molecule has 1 saturated carbocycles. The number of hydrogen-bond donors (Lipinski definition) is 1. The van der Waals surface area contributed by atoms with E-state index in [1.165, 1.54) is 32.1 Å². The SMILES string of the molecule is CCC1(C2CCCCC2)CCC(=O)N1. The third kappa shape index (κ3) is 1.67. The number of carbonyl (C=O) groups is 1. The lowest BCUT2D eigenvalue weighted by Gasteiger charge is -2.39. The molecule has 1 aliphatic heterocycles. The molecule has 1 amide bonds. The second kappa shape index (κ2) is 3.92. The van der Waals surface area contributed by atoms with E-state index in [4.69, 9.17) is 0 Å². The summed E-state index contributed by atoms with van der Waals surface area (Å²) < 4.78 is 0. The molecule has 2 nitrogen and oxygen atoms in total. The van der Waals surface area contributed by atoms with Gasteiger partial charge in [-0.2, -0.15) is 0 Å². The highest BCUT2D eigenvalue weighted by atomic mass is 16.2. The Kier molecular flexibility index (Phi) is 2.80. The lowest BCUT2D eigenvalue weighted by Crippen LogP contribution is -2.48. The van der Waals surface area contributed by atoms with Gasteiger partial charge in [-0.1, -0.05) is 26.2 Å². The summed E-state index contributed by atoms with van der Waals surface area (Å²) in [5, 5.41) is 3.25. The Morgan fingerprint density at radius 1 is 1.36 bits per heavy atom. The minimum absolute atomic E-state index is 0.178. The monoisotopic (exact) mass is 195 g/mol. The molecule has 0 aromatic carbocycles. The van der Waals surface area contributed by atoms with Crippen LogP contribution in [-0.2, 0) is 4.79 Å². The van der Waals surface area contributed by atoms with Gasteiger partial charge in [0.2, 0.25) is 5.91 Å². The summed E-state index contributed by atoms with van der Waals surface area (Å²) in [6, 6.07) is 0. The van der Waals surface area contributed by atoms with Crippen LogP contribution in [0.1, 0.15) is 58.3 Å². The normalized spacial score (nSPS) is 34.5. The Hall–Kier alpha value is -0.530. The molecule has 14 heavy (non-hydrogen) atoms. The molecule has 0 aromatic heterocycles. The number of hydrogen-bond acceptors (Lipinski definition) is 1. The summed E-state index contributed by atoms with van der Waals surface area (Å²) in [5.74, 6) is 1.03. The third-order valence-corrected chi connectivity index (χ3v) is 4.20. The highest BCUT2D eigenvalue weighted by Crippen LogP contribution is 2.39. The summed E-state index contributed by atoms with van der Waals surface area (Å²) in [6.07, 6.45) is 9.72. The molecule has 80 valence electrons. The second-order valence-corrected chi connectivity index (χ2v) is 4.89. The Labute approximate surface area is 86.5 Å². The molecule has 2 aliphatic rings. The highest BCUT2D eigenvalue weighted by molar-refractivity contribution is 5.79. The van der Waals surface area contributed by atoms with Crippen LogP contribution in [0, 0.1) is 5.92 Å². The molecule has 0 radical (unpaired) electrons. The summed E-state index contributed by atoms with van der Waals surface area (Å²) >= 11 is 0. The number of carbonyl (C=O) groups excluding carboxylic acids is 1. The van der Waals surface area contributed by atoms with E-state index >= 15 is 0 Å². The molecule has 1 atom stereocenters. The molecule has 1 unspecified atom stereocenters. The maximum Gasteiger partial charge on any atom is 0.220 e. The van der Waals surface area contributed by atoms with Gasteiger partial charge >= 0.3 is 0 Å². The van der Waals surface area contributed by atoms with E-state index in [1.54, 1.807) is 0 Å². The molecule has 1 aliphatic carbocycles. The third-order valence-electron chi connectivity index (χ3n) is 4.20. The van der Waals surface area contributed by atoms with Crippen molar-refractivity contribution in [3.8, 4) is 0 Å². The van der Waals surface area contributed by atoms with Crippen LogP contribution in [0.15, 0.2) is 0 Å². The molecular formula is C12H21NO. The minimum Gasteiger partial charge on any atom is -0.350 e. The van der Waals surface area contributed by atoms with Crippen molar-refractivity contribution in [3.63, 3.8) is 0 Å². The molecule has 1 saturated heterocycles. The molecular weight excluding hydrogens is 174 g/mol. The fraction of sp³-hybridized carbons (Fsp3) is 0.917. The van der Waals surface area contributed by atoms with Crippen LogP contribution >= 0.6 is 0 Å². The van der Waals surface area contributed by atoms with Gasteiger partial charge in [0.1, 0.15) is 0 Å². The van der Waals surface area contributed by atoms with Gasteiger partial charge in [0.05, 0.1) is 0 Å². The van der Waals surface area contributed by atoms with Crippen molar-refractivity contribution in [1.29, 1.82) is 0 Å². The van der Waals surface area contributed by atoms with E-state index in [9.17, 15) is 4.79 Å². The molecule has 0 spiro atoms. The average molecular weight is 195 g/mol. The van der Waals surface area contributed by atoms with Crippen molar-refractivity contribution in [2.24, 2.45) is 5.92 Å². The summed E-state index contributed by atoms with van der Waals surface area (Å²) in [5.41, 5.74) is 0.178. The van der Waals surface area contributed by atoms with Gasteiger partial charge in [-0.25, -0.2) is 0 Å². The van der Waals surface area contributed by atoms with Crippen molar-refractivity contribution >= 4 is 5.91 Å². The molecule has 1 N–H and O–H groups in total. The predicted octanol–water partition coefficient (Wildman–Crippen LogP) is 2.63. The fourth-order valence-corrected chi connectivity index (χ4v) is 3.25. The van der Waals surface area contributed by atoms with E-state index in [2.05, 4.69) is 12.2 Å². The Balaban J connectivity index is 2.06. The standard InChI is InChI=1S/C12H21NO/c1-2-12(9-8-11(14)13-12)10-6-4-3-5-7-10/h10H,2-9H2,1H3,(H,13,14). The van der Waals surface area contributed by atoms with Crippen molar-refractivity contribution in [2.45, 2.75) is 63.8 Å². The lowest BCUT2D eigenvalue weighted by molar-refractivity contribution is -0.120. The molecule has 2 fully saturated rings. The first-order chi connectivity index (χ1) is 6.77. The van der Waals surface area contributed by atoms with Gasteiger partial charge in [-0.15, -0.1) is 0 Å². The first-order valence-electron chi connectivity index (χ1n) is 6.08. The van der Waals surface area contributed by atoms with Crippen LogP contribution in [0.5, 0.6) is 0 Å². The van der Waals surface area contributed by atoms with Gasteiger partial charge < -0.3 is 5.32 Å². The second-order valence-electron chi connectivity index (χ2n) is 4.89. The maximum atomic E-state index is 11.3. The van der Waals surface area contributed by atoms with E-state index in [0.717, 1.165) is 25.2 Å². The van der Waals surface area contributed by atoms with Crippen molar-refractivity contribution in [2.75, 3.05) is 0 Å². The zero-order valence-corrected chi connectivity index (χ0v) is 9.14. The minimum atomic E-state index is 0.178. The molecule has 2 heteroatoms. The Morgan fingerprint density at radius 2 is 2.07 bits per heavy atom. The van der Waals surface area contributed by atoms with Crippen LogP contribution in [0.4, 0.5) is 0 Å². The maximum absolute atomic E-state index is 11.3.